The molecule has 1 aliphatic heterocycles. The Labute approximate surface area is 265 Å². The standard InChI is InChI=1S/C33H37ClF3N3O5/c1-38-19-21-9-11-22(12-10-21)30(41)40-17-4-6-24(20-40)32(44,15-5-16-39-31(42)43)26-7-3-8-27(34)29(26)25-18-23(33(35,36)37)13-14-28(25)45-2/h3,7-14,18,24,38-39,44H,4-6,15-17,19-20H2,1-2H3,(H,42,43). The highest BCUT2D eigenvalue weighted by atomic mass is 35.5. The van der Waals surface area contributed by atoms with E-state index in [-0.39, 0.29) is 59.3 Å². The van der Waals surface area contributed by atoms with Crippen LogP contribution in [0.15, 0.2) is 60.7 Å². The number of rotatable bonds is 11. The summed E-state index contributed by atoms with van der Waals surface area (Å²) in [6.07, 6.45) is -4.51. The number of hydrogen-bond acceptors (Lipinski definition) is 5. The van der Waals surface area contributed by atoms with E-state index in [4.69, 9.17) is 21.4 Å². The van der Waals surface area contributed by atoms with E-state index in [1.807, 2.05) is 19.2 Å². The smallest absolute Gasteiger partial charge is 0.416 e. The van der Waals surface area contributed by atoms with Crippen LogP contribution in [0.5, 0.6) is 5.75 Å². The van der Waals surface area contributed by atoms with Gasteiger partial charge in [-0.05, 0) is 80.3 Å². The number of benzene rings is 3. The van der Waals surface area contributed by atoms with Crippen LogP contribution in [0.1, 0.15) is 52.7 Å². The predicted molar refractivity (Wildman–Crippen MR) is 165 cm³/mol. The Balaban J connectivity index is 1.78. The maximum absolute atomic E-state index is 13.8. The normalized spacial score (nSPS) is 16.6. The maximum atomic E-state index is 13.8. The molecule has 4 N–H and O–H groups in total. The lowest BCUT2D eigenvalue weighted by atomic mass is 9.72. The summed E-state index contributed by atoms with van der Waals surface area (Å²) in [6, 6.07) is 15.1. The van der Waals surface area contributed by atoms with Crippen molar-refractivity contribution in [2.45, 2.75) is 44.0 Å². The van der Waals surface area contributed by atoms with E-state index >= 15 is 0 Å². The zero-order valence-electron chi connectivity index (χ0n) is 25.1. The topological polar surface area (TPSA) is 111 Å². The number of hydrogen-bond donors (Lipinski definition) is 4. The van der Waals surface area contributed by atoms with Gasteiger partial charge in [-0.25, -0.2) is 4.79 Å². The van der Waals surface area contributed by atoms with Gasteiger partial charge in [0.1, 0.15) is 5.75 Å². The molecule has 4 rings (SSSR count). The fraction of sp³-hybridized carbons (Fsp3) is 0.394. The second kappa shape index (κ2) is 14.5. The summed E-state index contributed by atoms with van der Waals surface area (Å²) in [4.78, 5) is 26.4. The highest BCUT2D eigenvalue weighted by Gasteiger charge is 2.43. The minimum Gasteiger partial charge on any atom is -0.496 e. The summed E-state index contributed by atoms with van der Waals surface area (Å²) in [5, 5.41) is 27.2. The number of alkyl halides is 3. The molecule has 1 fully saturated rings. The Morgan fingerprint density at radius 3 is 2.49 bits per heavy atom. The van der Waals surface area contributed by atoms with Gasteiger partial charge in [0.2, 0.25) is 0 Å². The van der Waals surface area contributed by atoms with Crippen LogP contribution < -0.4 is 15.4 Å². The molecule has 0 radical (unpaired) electrons. The monoisotopic (exact) mass is 647 g/mol. The Kier molecular flexibility index (Phi) is 11.0. The molecule has 1 heterocycles. The molecule has 3 aromatic rings. The fourth-order valence-corrected chi connectivity index (χ4v) is 6.33. The Bertz CT molecular complexity index is 1500. The molecule has 0 aliphatic carbocycles. The van der Waals surface area contributed by atoms with Crippen molar-refractivity contribution >= 4 is 23.6 Å². The molecular weight excluding hydrogens is 611 g/mol. The quantitative estimate of drug-likeness (QED) is 0.176. The van der Waals surface area contributed by atoms with E-state index in [9.17, 15) is 27.9 Å². The fourth-order valence-electron chi connectivity index (χ4n) is 6.05. The largest absolute Gasteiger partial charge is 0.496 e. The molecule has 2 unspecified atom stereocenters. The SMILES string of the molecule is CNCc1ccc(C(=O)N2CCCC(C(O)(CCCNC(=O)O)c3cccc(Cl)c3-c3cc(C(F)(F)F)ccc3OC)C2)cc1. The molecule has 0 aromatic heterocycles. The Morgan fingerprint density at radius 2 is 1.84 bits per heavy atom. The maximum Gasteiger partial charge on any atom is 0.416 e. The third-order valence-electron chi connectivity index (χ3n) is 8.25. The van der Waals surface area contributed by atoms with E-state index in [0.29, 0.717) is 31.5 Å². The number of carbonyl (C=O) groups is 2. The van der Waals surface area contributed by atoms with Crippen molar-refractivity contribution in [1.82, 2.24) is 15.5 Å². The van der Waals surface area contributed by atoms with E-state index < -0.39 is 29.4 Å². The van der Waals surface area contributed by atoms with Gasteiger partial charge in [-0.2, -0.15) is 13.2 Å². The number of nitrogens with zero attached hydrogens (tertiary/aromatic N) is 1. The van der Waals surface area contributed by atoms with Crippen LogP contribution in [0.25, 0.3) is 11.1 Å². The van der Waals surface area contributed by atoms with Crippen molar-refractivity contribution in [2.24, 2.45) is 5.92 Å². The molecule has 0 bridgehead atoms. The van der Waals surface area contributed by atoms with Gasteiger partial charge in [-0.1, -0.05) is 35.9 Å². The first kappa shape index (κ1) is 34.1. The van der Waals surface area contributed by atoms with Crippen molar-refractivity contribution in [1.29, 1.82) is 0 Å². The van der Waals surface area contributed by atoms with Gasteiger partial charge in [-0.15, -0.1) is 0 Å². The first-order chi connectivity index (χ1) is 21.4. The summed E-state index contributed by atoms with van der Waals surface area (Å²) in [6.45, 7) is 1.33. The average molecular weight is 648 g/mol. The summed E-state index contributed by atoms with van der Waals surface area (Å²) in [7, 11) is 3.17. The second-order valence-corrected chi connectivity index (χ2v) is 11.6. The molecule has 0 saturated carbocycles. The highest BCUT2D eigenvalue weighted by Crippen LogP contribution is 2.48. The lowest BCUT2D eigenvalue weighted by Crippen LogP contribution is -2.48. The summed E-state index contributed by atoms with van der Waals surface area (Å²) >= 11 is 6.69. The van der Waals surface area contributed by atoms with Gasteiger partial charge < -0.3 is 30.5 Å². The minimum absolute atomic E-state index is 0.0365. The minimum atomic E-state index is -4.64. The van der Waals surface area contributed by atoms with Crippen molar-refractivity contribution in [2.75, 3.05) is 33.8 Å². The van der Waals surface area contributed by atoms with Crippen molar-refractivity contribution < 1.29 is 37.7 Å². The van der Waals surface area contributed by atoms with Crippen molar-refractivity contribution in [3.63, 3.8) is 0 Å². The van der Waals surface area contributed by atoms with E-state index in [2.05, 4.69) is 10.6 Å². The summed E-state index contributed by atoms with van der Waals surface area (Å²) in [5.74, 6) is -0.608. The molecule has 2 atom stereocenters. The Morgan fingerprint density at radius 1 is 1.11 bits per heavy atom. The zero-order chi connectivity index (χ0) is 32.8. The predicted octanol–water partition coefficient (Wildman–Crippen LogP) is 6.54. The zero-order valence-corrected chi connectivity index (χ0v) is 25.8. The number of nitrogens with one attached hydrogen (secondary N) is 2. The molecule has 8 nitrogen and oxygen atoms in total. The second-order valence-electron chi connectivity index (χ2n) is 11.2. The van der Waals surface area contributed by atoms with Gasteiger partial charge in [-0.3, -0.25) is 4.79 Å². The van der Waals surface area contributed by atoms with Gasteiger partial charge >= 0.3 is 12.3 Å². The lowest BCUT2D eigenvalue weighted by Gasteiger charge is -2.44. The number of likely N-dealkylation sites (tertiary alicyclic amines) is 1. The molecule has 12 heteroatoms. The van der Waals surface area contributed by atoms with Crippen LogP contribution in [-0.4, -0.2) is 60.9 Å². The number of ether oxygens (including phenoxy) is 1. The lowest BCUT2D eigenvalue weighted by molar-refractivity contribution is -0.137. The molecular formula is C33H37ClF3N3O5. The molecule has 1 saturated heterocycles. The molecule has 1 aliphatic rings. The number of amides is 2. The number of piperidine rings is 1. The van der Waals surface area contributed by atoms with Crippen LogP contribution in [0.4, 0.5) is 18.0 Å². The van der Waals surface area contributed by atoms with Crippen LogP contribution >= 0.6 is 11.6 Å². The number of aliphatic hydroxyl groups is 1. The first-order valence-electron chi connectivity index (χ1n) is 14.7. The van der Waals surface area contributed by atoms with Gasteiger partial charge in [0, 0.05) is 53.8 Å². The van der Waals surface area contributed by atoms with E-state index in [0.717, 1.165) is 17.7 Å². The highest BCUT2D eigenvalue weighted by molar-refractivity contribution is 6.33. The van der Waals surface area contributed by atoms with Gasteiger partial charge in [0.05, 0.1) is 18.3 Å². The molecule has 242 valence electrons. The number of methoxy groups -OCH3 is 1. The molecule has 3 aromatic carbocycles. The van der Waals surface area contributed by atoms with E-state index in [1.54, 1.807) is 29.2 Å². The number of halogens is 4. The van der Waals surface area contributed by atoms with Crippen LogP contribution in [0.3, 0.4) is 0 Å². The van der Waals surface area contributed by atoms with Crippen molar-refractivity contribution in [3.8, 4) is 16.9 Å². The Hall–Kier alpha value is -3.80. The first-order valence-corrected chi connectivity index (χ1v) is 15.0. The van der Waals surface area contributed by atoms with E-state index in [1.165, 1.54) is 19.2 Å². The van der Waals surface area contributed by atoms with Crippen LogP contribution in [0, 0.1) is 5.92 Å². The third kappa shape index (κ3) is 7.89. The molecule has 0 spiro atoms. The number of carboxylic acid groups (broad SMARTS) is 1. The van der Waals surface area contributed by atoms with Crippen molar-refractivity contribution in [3.05, 3.63) is 87.9 Å². The molecule has 2 amide bonds. The summed E-state index contributed by atoms with van der Waals surface area (Å²) < 4.78 is 46.9. The average Bonchev–Trinajstić information content (AvgIpc) is 3.02. The van der Waals surface area contributed by atoms with Gasteiger partial charge in [0.15, 0.2) is 0 Å². The summed E-state index contributed by atoms with van der Waals surface area (Å²) in [5.41, 5.74) is -0.572. The molecule has 45 heavy (non-hydrogen) atoms. The third-order valence-corrected chi connectivity index (χ3v) is 8.57. The van der Waals surface area contributed by atoms with Gasteiger partial charge in [0.25, 0.3) is 5.91 Å². The van der Waals surface area contributed by atoms with Crippen LogP contribution in [-0.2, 0) is 18.3 Å². The van der Waals surface area contributed by atoms with Crippen LogP contribution in [0.2, 0.25) is 5.02 Å². The number of carbonyl (C=O) groups excluding carboxylic acids is 1.